The lowest BCUT2D eigenvalue weighted by molar-refractivity contribution is -0.119. The highest BCUT2D eigenvalue weighted by atomic mass is 79.9. The predicted octanol–water partition coefficient (Wildman–Crippen LogP) is 5.27. The van der Waals surface area contributed by atoms with Gasteiger partial charge in [0.2, 0.25) is 0 Å². The van der Waals surface area contributed by atoms with Crippen molar-refractivity contribution in [2.24, 2.45) is 0 Å². The van der Waals surface area contributed by atoms with E-state index < -0.39 is 5.82 Å². The van der Waals surface area contributed by atoms with Crippen LogP contribution in [0.3, 0.4) is 0 Å². The lowest BCUT2D eigenvalue weighted by atomic mass is 9.95. The Labute approximate surface area is 160 Å². The second-order valence-corrected chi connectivity index (χ2v) is 7.29. The van der Waals surface area contributed by atoms with Crippen LogP contribution >= 0.6 is 15.9 Å². The molecule has 4 aromatic rings. The fourth-order valence-corrected chi connectivity index (χ4v) is 4.01. The Hall–Kier alpha value is -2.99. The normalized spacial score (nSPS) is 14.9. The van der Waals surface area contributed by atoms with Crippen LogP contribution in [-0.2, 0) is 9.59 Å². The van der Waals surface area contributed by atoms with Gasteiger partial charge in [-0.25, -0.2) is 4.39 Å². The number of hydrogen-bond acceptors (Lipinski definition) is 3. The molecule has 0 bridgehead atoms. The molecule has 0 fully saturated rings. The molecule has 0 unspecified atom stereocenters. The Morgan fingerprint density at radius 1 is 1.00 bits per heavy atom. The number of para-hydroxylation sites is 1. The first kappa shape index (κ1) is 16.2. The molecule has 1 aliphatic rings. The van der Waals surface area contributed by atoms with Gasteiger partial charge in [0.05, 0.1) is 17.2 Å². The lowest BCUT2D eigenvalue weighted by Crippen LogP contribution is -1.96. The van der Waals surface area contributed by atoms with Gasteiger partial charge in [0.25, 0.3) is 0 Å². The van der Waals surface area contributed by atoms with E-state index in [1.807, 2.05) is 18.2 Å². The first-order chi connectivity index (χ1) is 13.0. The van der Waals surface area contributed by atoms with Gasteiger partial charge in [0.1, 0.15) is 11.4 Å². The van der Waals surface area contributed by atoms with Crippen LogP contribution in [0.4, 0.5) is 4.39 Å². The summed E-state index contributed by atoms with van der Waals surface area (Å²) in [6.45, 7) is 0. The zero-order chi connectivity index (χ0) is 18.7. The Kier molecular flexibility index (Phi) is 3.45. The standard InChI is InChI=1S/C21H11BrFNO3/c22-14-6-16-11(5-15(14)23)12(8-24-16)20-17(25)7-18(26)21(20)13-9-27-19-4-2-1-3-10(13)19/h1-6,8-9,24H,7H2. The quantitative estimate of drug-likeness (QED) is 0.446. The van der Waals surface area contributed by atoms with E-state index in [0.29, 0.717) is 43.2 Å². The van der Waals surface area contributed by atoms with E-state index >= 15 is 0 Å². The summed E-state index contributed by atoms with van der Waals surface area (Å²) in [5.41, 5.74) is 3.05. The number of benzene rings is 2. The van der Waals surface area contributed by atoms with Crippen molar-refractivity contribution in [3.63, 3.8) is 0 Å². The summed E-state index contributed by atoms with van der Waals surface area (Å²) in [5, 5.41) is 1.32. The molecule has 4 nitrogen and oxygen atoms in total. The number of aromatic nitrogens is 1. The summed E-state index contributed by atoms with van der Waals surface area (Å²) in [6, 6.07) is 10.3. The lowest BCUT2D eigenvalue weighted by Gasteiger charge is -2.04. The Balaban J connectivity index is 1.84. The maximum Gasteiger partial charge on any atom is 0.172 e. The highest BCUT2D eigenvalue weighted by Gasteiger charge is 2.35. The van der Waals surface area contributed by atoms with Crippen LogP contribution in [0.5, 0.6) is 0 Å². The third-order valence-electron chi connectivity index (χ3n) is 4.87. The predicted molar refractivity (Wildman–Crippen MR) is 104 cm³/mol. The van der Waals surface area contributed by atoms with E-state index in [0.717, 1.165) is 5.39 Å². The largest absolute Gasteiger partial charge is 0.464 e. The van der Waals surface area contributed by atoms with Gasteiger partial charge in [-0.15, -0.1) is 0 Å². The maximum absolute atomic E-state index is 14.1. The van der Waals surface area contributed by atoms with Crippen molar-refractivity contribution in [2.75, 3.05) is 0 Å². The Morgan fingerprint density at radius 2 is 1.74 bits per heavy atom. The molecule has 1 N–H and O–H groups in total. The summed E-state index contributed by atoms with van der Waals surface area (Å²) in [4.78, 5) is 28.4. The van der Waals surface area contributed by atoms with Gasteiger partial charge >= 0.3 is 0 Å². The molecule has 0 atom stereocenters. The minimum absolute atomic E-state index is 0.199. The number of hydrogen-bond donors (Lipinski definition) is 1. The second kappa shape index (κ2) is 5.76. The van der Waals surface area contributed by atoms with Gasteiger partial charge in [0, 0.05) is 44.8 Å². The summed E-state index contributed by atoms with van der Waals surface area (Å²) in [5.74, 6) is -0.964. The molecule has 0 aliphatic heterocycles. The van der Waals surface area contributed by atoms with E-state index in [2.05, 4.69) is 20.9 Å². The molecule has 1 aliphatic carbocycles. The number of halogens is 2. The third kappa shape index (κ3) is 2.33. The van der Waals surface area contributed by atoms with E-state index in [9.17, 15) is 14.0 Å². The molecule has 6 heteroatoms. The third-order valence-corrected chi connectivity index (χ3v) is 5.48. The Bertz CT molecular complexity index is 1310. The van der Waals surface area contributed by atoms with Gasteiger partial charge in [-0.3, -0.25) is 9.59 Å². The zero-order valence-corrected chi connectivity index (χ0v) is 15.4. The topological polar surface area (TPSA) is 63.1 Å². The van der Waals surface area contributed by atoms with Crippen LogP contribution in [0.1, 0.15) is 17.5 Å². The first-order valence-corrected chi connectivity index (χ1v) is 9.07. The fourth-order valence-electron chi connectivity index (χ4n) is 3.67. The van der Waals surface area contributed by atoms with E-state index in [-0.39, 0.29) is 18.0 Å². The van der Waals surface area contributed by atoms with Crippen molar-refractivity contribution in [1.82, 2.24) is 4.98 Å². The molecule has 2 heterocycles. The second-order valence-electron chi connectivity index (χ2n) is 6.43. The summed E-state index contributed by atoms with van der Waals surface area (Å²) in [6.07, 6.45) is 2.95. The number of Topliss-reactive ketones (excluding diaryl/α,β-unsaturated/α-hetero) is 2. The summed E-state index contributed by atoms with van der Waals surface area (Å²) in [7, 11) is 0. The SMILES string of the molecule is O=C1CC(=O)C(c2coc3ccccc23)=C1c1c[nH]c2cc(Br)c(F)cc12. The fraction of sp³-hybridized carbons (Fsp3) is 0.0476. The smallest absolute Gasteiger partial charge is 0.172 e. The van der Waals surface area contributed by atoms with E-state index in [1.54, 1.807) is 18.3 Å². The van der Waals surface area contributed by atoms with Gasteiger partial charge in [-0.2, -0.15) is 0 Å². The number of nitrogens with one attached hydrogen (secondary N) is 1. The van der Waals surface area contributed by atoms with Crippen molar-refractivity contribution in [3.05, 3.63) is 70.3 Å². The van der Waals surface area contributed by atoms with Crippen molar-refractivity contribution >= 4 is 60.5 Å². The molecule has 0 radical (unpaired) electrons. The van der Waals surface area contributed by atoms with E-state index in [4.69, 9.17) is 4.42 Å². The maximum atomic E-state index is 14.1. The van der Waals surface area contributed by atoms with Crippen LogP contribution < -0.4 is 0 Å². The van der Waals surface area contributed by atoms with Crippen LogP contribution in [0.25, 0.3) is 33.0 Å². The summed E-state index contributed by atoms with van der Waals surface area (Å²) >= 11 is 3.16. The van der Waals surface area contributed by atoms with Crippen molar-refractivity contribution in [1.29, 1.82) is 0 Å². The number of H-pyrrole nitrogens is 1. The van der Waals surface area contributed by atoms with Crippen LogP contribution in [0.15, 0.2) is 57.7 Å². The Morgan fingerprint density at radius 3 is 2.56 bits per heavy atom. The minimum Gasteiger partial charge on any atom is -0.464 e. The van der Waals surface area contributed by atoms with Crippen LogP contribution in [0, 0.1) is 5.82 Å². The average Bonchev–Trinajstić information content (AvgIpc) is 3.31. The average molecular weight is 424 g/mol. The molecule has 132 valence electrons. The van der Waals surface area contributed by atoms with Gasteiger partial charge < -0.3 is 9.40 Å². The number of carbonyl (C=O) groups is 2. The van der Waals surface area contributed by atoms with E-state index in [1.165, 1.54) is 12.3 Å². The minimum atomic E-state index is -0.434. The van der Waals surface area contributed by atoms with Gasteiger partial charge in [-0.05, 0) is 34.1 Å². The number of allylic oxidation sites excluding steroid dienone is 2. The number of ketones is 2. The van der Waals surface area contributed by atoms with Crippen LogP contribution in [0.2, 0.25) is 0 Å². The van der Waals surface area contributed by atoms with Crippen molar-refractivity contribution in [3.8, 4) is 0 Å². The molecular formula is C21H11BrFNO3. The molecule has 2 aromatic heterocycles. The summed E-state index contributed by atoms with van der Waals surface area (Å²) < 4.78 is 20.0. The molecule has 0 saturated heterocycles. The monoisotopic (exact) mass is 423 g/mol. The number of rotatable bonds is 2. The molecule has 27 heavy (non-hydrogen) atoms. The van der Waals surface area contributed by atoms with Gasteiger partial charge in [-0.1, -0.05) is 18.2 Å². The molecule has 0 saturated carbocycles. The zero-order valence-electron chi connectivity index (χ0n) is 13.8. The molecule has 5 rings (SSSR count). The number of furan rings is 1. The molecule has 2 aromatic carbocycles. The highest BCUT2D eigenvalue weighted by molar-refractivity contribution is 9.10. The highest BCUT2D eigenvalue weighted by Crippen LogP contribution is 2.41. The van der Waals surface area contributed by atoms with Crippen molar-refractivity contribution in [2.45, 2.75) is 6.42 Å². The van der Waals surface area contributed by atoms with Gasteiger partial charge in [0.15, 0.2) is 11.6 Å². The number of aromatic amines is 1. The molecular weight excluding hydrogens is 413 g/mol. The van der Waals surface area contributed by atoms with Crippen LogP contribution in [-0.4, -0.2) is 16.6 Å². The van der Waals surface area contributed by atoms with Crippen molar-refractivity contribution < 1.29 is 18.4 Å². The number of fused-ring (bicyclic) bond motifs is 2. The number of carbonyl (C=O) groups excluding carboxylic acids is 2. The molecule has 0 spiro atoms. The molecule has 0 amide bonds. The first-order valence-electron chi connectivity index (χ1n) is 8.28.